The lowest BCUT2D eigenvalue weighted by atomic mass is 10.0. The highest BCUT2D eigenvalue weighted by Gasteiger charge is 2.19. The molecule has 0 bridgehead atoms. The summed E-state index contributed by atoms with van der Waals surface area (Å²) in [5.74, 6) is 0.326. The van der Waals surface area contributed by atoms with Crippen molar-refractivity contribution in [3.63, 3.8) is 0 Å². The molecule has 1 aromatic heterocycles. The topological polar surface area (TPSA) is 81.9 Å². The number of aryl methyl sites for hydroxylation is 1. The molecule has 0 atom stereocenters. The van der Waals surface area contributed by atoms with Crippen LogP contribution >= 0.6 is 0 Å². The summed E-state index contributed by atoms with van der Waals surface area (Å²) in [5, 5.41) is 20.2. The average Bonchev–Trinajstić information content (AvgIpc) is 2.74. The molecule has 2 heterocycles. The quantitative estimate of drug-likeness (QED) is 0.775. The van der Waals surface area contributed by atoms with Crippen LogP contribution in [0.15, 0.2) is 60.7 Å². The SMILES string of the molecule is N#Cc1ccccc1NC(=O)c1ccc(N2CCCc3ccccc32)nn1. The van der Waals surface area contributed by atoms with E-state index >= 15 is 0 Å². The van der Waals surface area contributed by atoms with Crippen molar-refractivity contribution < 1.29 is 4.79 Å². The maximum absolute atomic E-state index is 12.4. The fourth-order valence-corrected chi connectivity index (χ4v) is 3.24. The van der Waals surface area contributed by atoms with Gasteiger partial charge in [-0.1, -0.05) is 30.3 Å². The number of carbonyl (C=O) groups is 1. The summed E-state index contributed by atoms with van der Waals surface area (Å²) in [7, 11) is 0. The molecular weight excluding hydrogens is 338 g/mol. The molecule has 0 saturated carbocycles. The lowest BCUT2D eigenvalue weighted by Crippen LogP contribution is -2.26. The van der Waals surface area contributed by atoms with Gasteiger partial charge in [-0.15, -0.1) is 10.2 Å². The Labute approximate surface area is 157 Å². The van der Waals surface area contributed by atoms with Crippen LogP contribution in [0, 0.1) is 11.3 Å². The molecule has 2 aromatic carbocycles. The van der Waals surface area contributed by atoms with Gasteiger partial charge in [0.2, 0.25) is 0 Å². The second-order valence-electron chi connectivity index (χ2n) is 6.27. The Morgan fingerprint density at radius 3 is 2.67 bits per heavy atom. The van der Waals surface area contributed by atoms with Crippen LogP contribution in [-0.2, 0) is 6.42 Å². The molecule has 0 fully saturated rings. The minimum absolute atomic E-state index is 0.205. The van der Waals surface area contributed by atoms with Crippen LogP contribution in [0.1, 0.15) is 28.0 Å². The number of hydrogen-bond acceptors (Lipinski definition) is 5. The predicted molar refractivity (Wildman–Crippen MR) is 103 cm³/mol. The molecule has 6 heteroatoms. The van der Waals surface area contributed by atoms with E-state index in [2.05, 4.69) is 38.6 Å². The largest absolute Gasteiger partial charge is 0.325 e. The zero-order valence-electron chi connectivity index (χ0n) is 14.6. The first-order chi connectivity index (χ1) is 13.3. The molecule has 1 aliphatic heterocycles. The first-order valence-electron chi connectivity index (χ1n) is 8.76. The first kappa shape index (κ1) is 16.7. The van der Waals surface area contributed by atoms with E-state index in [1.54, 1.807) is 36.4 Å². The molecule has 6 nitrogen and oxygen atoms in total. The number of fused-ring (bicyclic) bond motifs is 1. The van der Waals surface area contributed by atoms with Crippen LogP contribution in [0.3, 0.4) is 0 Å². The molecule has 0 saturated heterocycles. The Morgan fingerprint density at radius 1 is 1.04 bits per heavy atom. The van der Waals surface area contributed by atoms with Crippen LogP contribution in [-0.4, -0.2) is 22.6 Å². The minimum atomic E-state index is -0.393. The maximum Gasteiger partial charge on any atom is 0.276 e. The first-order valence-corrected chi connectivity index (χ1v) is 8.76. The van der Waals surface area contributed by atoms with Crippen LogP contribution in [0.4, 0.5) is 17.2 Å². The summed E-state index contributed by atoms with van der Waals surface area (Å²) < 4.78 is 0. The summed E-state index contributed by atoms with van der Waals surface area (Å²) in [6, 6.07) is 20.6. The number of nitriles is 1. The Kier molecular flexibility index (Phi) is 4.50. The molecular formula is C21H17N5O. The van der Waals surface area contributed by atoms with Crippen molar-refractivity contribution in [1.82, 2.24) is 10.2 Å². The number of aromatic nitrogens is 2. The fourth-order valence-electron chi connectivity index (χ4n) is 3.24. The Bertz CT molecular complexity index is 1020. The number of benzene rings is 2. The standard InChI is InChI=1S/C21H17N5O/c22-14-16-7-1-3-9-17(16)23-21(27)18-11-12-20(25-24-18)26-13-5-8-15-6-2-4-10-19(15)26/h1-4,6-7,9-12H,5,8,13H2,(H,23,27). The van der Waals surface area contributed by atoms with Gasteiger partial charge >= 0.3 is 0 Å². The normalized spacial score (nSPS) is 12.8. The number of anilines is 3. The van der Waals surface area contributed by atoms with Crippen LogP contribution in [0.2, 0.25) is 0 Å². The number of amides is 1. The molecule has 132 valence electrons. The second kappa shape index (κ2) is 7.26. The second-order valence-corrected chi connectivity index (χ2v) is 6.27. The molecule has 4 rings (SSSR count). The number of carbonyl (C=O) groups excluding carboxylic acids is 1. The monoisotopic (exact) mass is 355 g/mol. The van der Waals surface area contributed by atoms with Crippen molar-refractivity contribution in [2.75, 3.05) is 16.8 Å². The van der Waals surface area contributed by atoms with Crippen molar-refractivity contribution in [3.8, 4) is 6.07 Å². The van der Waals surface area contributed by atoms with E-state index in [-0.39, 0.29) is 5.69 Å². The van der Waals surface area contributed by atoms with E-state index in [4.69, 9.17) is 5.26 Å². The predicted octanol–water partition coefficient (Wildman–Crippen LogP) is 3.68. The number of rotatable bonds is 3. The van der Waals surface area contributed by atoms with Crippen molar-refractivity contribution in [3.05, 3.63) is 77.5 Å². The maximum atomic E-state index is 12.4. The lowest BCUT2D eigenvalue weighted by Gasteiger charge is -2.29. The van der Waals surface area contributed by atoms with Crippen molar-refractivity contribution in [2.45, 2.75) is 12.8 Å². The number of para-hydroxylation sites is 2. The van der Waals surface area contributed by atoms with Gasteiger partial charge in [-0.25, -0.2) is 0 Å². The summed E-state index contributed by atoms with van der Waals surface area (Å²) in [4.78, 5) is 14.6. The van der Waals surface area contributed by atoms with Crippen LogP contribution < -0.4 is 10.2 Å². The highest BCUT2D eigenvalue weighted by atomic mass is 16.1. The van der Waals surface area contributed by atoms with Gasteiger partial charge in [-0.05, 0) is 48.7 Å². The van der Waals surface area contributed by atoms with Gasteiger partial charge in [0, 0.05) is 12.2 Å². The van der Waals surface area contributed by atoms with E-state index in [1.807, 2.05) is 12.1 Å². The average molecular weight is 355 g/mol. The van der Waals surface area contributed by atoms with Gasteiger partial charge in [0.25, 0.3) is 5.91 Å². The number of nitrogens with zero attached hydrogens (tertiary/aromatic N) is 4. The molecule has 27 heavy (non-hydrogen) atoms. The summed E-state index contributed by atoms with van der Waals surface area (Å²) >= 11 is 0. The van der Waals surface area contributed by atoms with Gasteiger partial charge in [-0.2, -0.15) is 5.26 Å². The van der Waals surface area contributed by atoms with E-state index in [0.717, 1.165) is 30.9 Å². The van der Waals surface area contributed by atoms with E-state index in [1.165, 1.54) is 5.56 Å². The van der Waals surface area contributed by atoms with Gasteiger partial charge in [0.05, 0.1) is 11.3 Å². The molecule has 0 radical (unpaired) electrons. The smallest absolute Gasteiger partial charge is 0.276 e. The van der Waals surface area contributed by atoms with Gasteiger partial charge in [0.1, 0.15) is 6.07 Å². The third kappa shape index (κ3) is 3.35. The van der Waals surface area contributed by atoms with Gasteiger partial charge < -0.3 is 10.2 Å². The van der Waals surface area contributed by atoms with Crippen molar-refractivity contribution in [1.29, 1.82) is 5.26 Å². The Hall–Kier alpha value is -3.72. The van der Waals surface area contributed by atoms with E-state index < -0.39 is 5.91 Å². The summed E-state index contributed by atoms with van der Waals surface area (Å²) in [6.45, 7) is 0.868. The third-order valence-corrected chi connectivity index (χ3v) is 4.57. The van der Waals surface area contributed by atoms with E-state index in [0.29, 0.717) is 11.3 Å². The molecule has 1 aliphatic rings. The Balaban J connectivity index is 1.55. The zero-order chi connectivity index (χ0) is 18.6. The van der Waals surface area contributed by atoms with E-state index in [9.17, 15) is 4.79 Å². The summed E-state index contributed by atoms with van der Waals surface area (Å²) in [6.07, 6.45) is 2.10. The molecule has 1 amide bonds. The number of nitrogens with one attached hydrogen (secondary N) is 1. The third-order valence-electron chi connectivity index (χ3n) is 4.57. The van der Waals surface area contributed by atoms with Gasteiger partial charge in [0.15, 0.2) is 11.5 Å². The Morgan fingerprint density at radius 2 is 1.85 bits per heavy atom. The van der Waals surface area contributed by atoms with Crippen LogP contribution in [0.5, 0.6) is 0 Å². The molecule has 3 aromatic rings. The fraction of sp³-hybridized carbons (Fsp3) is 0.143. The number of hydrogen-bond donors (Lipinski definition) is 1. The summed E-state index contributed by atoms with van der Waals surface area (Å²) in [5.41, 5.74) is 3.50. The van der Waals surface area contributed by atoms with Gasteiger partial charge in [-0.3, -0.25) is 4.79 Å². The molecule has 1 N–H and O–H groups in total. The highest BCUT2D eigenvalue weighted by molar-refractivity contribution is 6.03. The highest BCUT2D eigenvalue weighted by Crippen LogP contribution is 2.31. The minimum Gasteiger partial charge on any atom is -0.325 e. The van der Waals surface area contributed by atoms with Crippen LogP contribution in [0.25, 0.3) is 0 Å². The molecule has 0 aliphatic carbocycles. The lowest BCUT2D eigenvalue weighted by molar-refractivity contribution is 0.102. The molecule has 0 unspecified atom stereocenters. The molecule has 0 spiro atoms. The zero-order valence-corrected chi connectivity index (χ0v) is 14.6. The van der Waals surface area contributed by atoms with Crippen molar-refractivity contribution in [2.24, 2.45) is 0 Å². The van der Waals surface area contributed by atoms with Crippen molar-refractivity contribution >= 4 is 23.1 Å².